The second-order valence-electron chi connectivity index (χ2n) is 23.0. The van der Waals surface area contributed by atoms with Gasteiger partial charge in [-0.25, -0.2) is 4.79 Å². The van der Waals surface area contributed by atoms with Gasteiger partial charge in [-0.05, 0) is 120 Å². The molecule has 0 fully saturated rings. The number of carbonyl (C=O) groups is 11. The molecule has 0 aromatic rings. The van der Waals surface area contributed by atoms with Gasteiger partial charge in [0.05, 0.1) is 6.04 Å². The average Bonchev–Trinajstić information content (AvgIpc) is 2.99. The lowest BCUT2D eigenvalue weighted by Gasteiger charge is -2.30. The number of aliphatic imine (C=N–C) groups is 2. The number of unbranched alkanes of at least 4 members (excludes halogenated alkanes) is 2. The lowest BCUT2D eigenvalue weighted by Crippen LogP contribution is -2.61. The predicted molar refractivity (Wildman–Crippen MR) is 337 cm³/mol. The van der Waals surface area contributed by atoms with Crippen LogP contribution in [0.2, 0.25) is 0 Å². The number of carboxylic acids is 2. The average molecular weight is 1270 g/mol. The summed E-state index contributed by atoms with van der Waals surface area (Å²) in [6.45, 7) is 14.7. The highest BCUT2D eigenvalue weighted by Crippen LogP contribution is 2.16. The molecular formula is C56H106N18O13S. The third-order valence-corrected chi connectivity index (χ3v) is 14.8. The number of aliphatic carboxylic acids is 2. The van der Waals surface area contributed by atoms with Crippen LogP contribution in [0.5, 0.6) is 0 Å². The molecule has 0 spiro atoms. The van der Waals surface area contributed by atoms with Crippen LogP contribution in [0.4, 0.5) is 0 Å². The second kappa shape index (κ2) is 44.4. The molecule has 32 heteroatoms. The molecule has 504 valence electrons. The van der Waals surface area contributed by atoms with Crippen LogP contribution in [0.1, 0.15) is 158 Å². The summed E-state index contributed by atoms with van der Waals surface area (Å²) in [6.07, 6.45) is 1.94. The van der Waals surface area contributed by atoms with Crippen LogP contribution in [0.15, 0.2) is 9.98 Å². The van der Waals surface area contributed by atoms with E-state index in [0.29, 0.717) is 38.5 Å². The Kier molecular flexibility index (Phi) is 40.8. The largest absolute Gasteiger partial charge is 0.481 e. The van der Waals surface area contributed by atoms with Crippen molar-refractivity contribution in [3.8, 4) is 0 Å². The van der Waals surface area contributed by atoms with Gasteiger partial charge in [0.2, 0.25) is 53.2 Å². The number of nitrogens with two attached hydrogens (primary N) is 7. The summed E-state index contributed by atoms with van der Waals surface area (Å²) in [5, 5.41) is 43.2. The molecule has 0 aliphatic carbocycles. The Morgan fingerprint density at radius 3 is 1.14 bits per heavy atom. The molecule has 0 aliphatic heterocycles. The molecule has 0 aromatic carbocycles. The molecule has 0 saturated heterocycles. The van der Waals surface area contributed by atoms with Crippen molar-refractivity contribution in [1.29, 1.82) is 0 Å². The normalized spacial score (nSPS) is 15.3. The van der Waals surface area contributed by atoms with Crippen molar-refractivity contribution in [2.24, 2.45) is 73.8 Å². The van der Waals surface area contributed by atoms with Gasteiger partial charge < -0.3 is 98.2 Å². The van der Waals surface area contributed by atoms with E-state index in [1.54, 1.807) is 48.5 Å². The molecule has 0 rings (SSSR count). The number of nitrogens with zero attached hydrogens (tertiary/aromatic N) is 2. The molecule has 31 nitrogen and oxygen atoms in total. The number of amides is 9. The van der Waals surface area contributed by atoms with E-state index < -0.39 is 150 Å². The quantitative estimate of drug-likeness (QED) is 0.0126. The highest BCUT2D eigenvalue weighted by molar-refractivity contribution is 7.80. The van der Waals surface area contributed by atoms with Gasteiger partial charge in [0.15, 0.2) is 11.9 Å². The number of hydrogen-bond donors (Lipinski definition) is 19. The third kappa shape index (κ3) is 33.3. The fourth-order valence-electron chi connectivity index (χ4n) is 8.88. The van der Waals surface area contributed by atoms with Crippen molar-refractivity contribution in [1.82, 2.24) is 47.9 Å². The van der Waals surface area contributed by atoms with Gasteiger partial charge in [-0.3, -0.25) is 57.9 Å². The fraction of sp³-hybridized carbons (Fsp3) is 0.768. The molecule has 0 aromatic heterocycles. The van der Waals surface area contributed by atoms with Crippen molar-refractivity contribution in [2.75, 3.05) is 31.9 Å². The molecule has 0 radical (unpaired) electrons. The Morgan fingerprint density at radius 1 is 0.420 bits per heavy atom. The minimum Gasteiger partial charge on any atom is -0.481 e. The molecular weight excluding hydrogens is 1160 g/mol. The zero-order valence-electron chi connectivity index (χ0n) is 52.7. The maximum Gasteiger partial charge on any atom is 0.326 e. The van der Waals surface area contributed by atoms with E-state index in [0.717, 1.165) is 0 Å². The first-order valence-electron chi connectivity index (χ1n) is 30.4. The van der Waals surface area contributed by atoms with Crippen LogP contribution in [-0.4, -0.2) is 180 Å². The summed E-state index contributed by atoms with van der Waals surface area (Å²) in [4.78, 5) is 158. The molecule has 9 amide bonds. The van der Waals surface area contributed by atoms with Gasteiger partial charge in [0.1, 0.15) is 54.4 Å². The van der Waals surface area contributed by atoms with E-state index >= 15 is 0 Å². The van der Waals surface area contributed by atoms with Crippen LogP contribution in [-0.2, 0) is 52.7 Å². The smallest absolute Gasteiger partial charge is 0.326 e. The zero-order chi connectivity index (χ0) is 67.2. The van der Waals surface area contributed by atoms with Gasteiger partial charge in [-0.1, -0.05) is 68.2 Å². The van der Waals surface area contributed by atoms with Crippen molar-refractivity contribution >= 4 is 89.7 Å². The SMILES string of the molecule is CC[C@H](C)[C@H](NC(=O)[C@H](CCC(=O)O)NC(=O)[C@H](CC(C)C)NC(=O)[C@H](CCCCN)NC(=O)[C@@H](NC(=O)[C@@H](N)CCCN=C(N)N)[C@@H](C)CC)C(=O)N[C@@H](CCCCN)C(=O)N[C@@H](CCCN=C(N)N)C(=O)N[C@@H](CS)C(=O)N[C@@H](CC(C)C)C(=O)O. The fourth-order valence-corrected chi connectivity index (χ4v) is 9.13. The number of hydrogen-bond acceptors (Lipinski definition) is 17. The van der Waals surface area contributed by atoms with Crippen LogP contribution in [0, 0.1) is 23.7 Å². The van der Waals surface area contributed by atoms with E-state index in [-0.39, 0.29) is 107 Å². The molecule has 0 saturated carbocycles. The molecule has 0 unspecified atom stereocenters. The van der Waals surface area contributed by atoms with Crippen molar-refractivity contribution < 1.29 is 63.0 Å². The summed E-state index contributed by atoms with van der Waals surface area (Å²) in [6, 6.07) is -13.1. The summed E-state index contributed by atoms with van der Waals surface area (Å²) < 4.78 is 0. The number of carboxylic acid groups (broad SMARTS) is 2. The lowest BCUT2D eigenvalue weighted by atomic mass is 9.96. The van der Waals surface area contributed by atoms with Crippen molar-refractivity contribution in [2.45, 2.75) is 219 Å². The second-order valence-corrected chi connectivity index (χ2v) is 23.3. The maximum atomic E-state index is 14.5. The summed E-state index contributed by atoms with van der Waals surface area (Å²) >= 11 is 4.21. The van der Waals surface area contributed by atoms with E-state index in [1.165, 1.54) is 0 Å². The third-order valence-electron chi connectivity index (χ3n) is 14.4. The van der Waals surface area contributed by atoms with Crippen molar-refractivity contribution in [3.05, 3.63) is 0 Å². The van der Waals surface area contributed by atoms with Crippen LogP contribution in [0.3, 0.4) is 0 Å². The van der Waals surface area contributed by atoms with Crippen LogP contribution < -0.4 is 88.0 Å². The zero-order valence-corrected chi connectivity index (χ0v) is 53.6. The predicted octanol–water partition coefficient (Wildman–Crippen LogP) is -2.89. The summed E-state index contributed by atoms with van der Waals surface area (Å²) in [5.41, 5.74) is 39.5. The number of carbonyl (C=O) groups excluding carboxylic acids is 9. The first-order chi connectivity index (χ1) is 41.4. The Hall–Kier alpha value is -7.06. The number of thiol groups is 1. The summed E-state index contributed by atoms with van der Waals surface area (Å²) in [5.74, 6) is -12.0. The maximum absolute atomic E-state index is 14.5. The van der Waals surface area contributed by atoms with E-state index in [4.69, 9.17) is 40.1 Å². The molecule has 0 heterocycles. The molecule has 0 bridgehead atoms. The van der Waals surface area contributed by atoms with Gasteiger partial charge in [0, 0.05) is 25.3 Å². The van der Waals surface area contributed by atoms with Gasteiger partial charge >= 0.3 is 11.9 Å². The number of nitrogens with one attached hydrogen (secondary N) is 9. The highest BCUT2D eigenvalue weighted by Gasteiger charge is 2.37. The Balaban J connectivity index is 7.02. The minimum absolute atomic E-state index is 0.00197. The standard InChI is InChI=1S/C56H106N18O13S/c1-9-32(7)43(73-45(77)34(59)17-15-25-64-55(60)61)52(84)69-36(19-12-14-24-58)47(79)70-39(27-30(3)4)50(82)67-38(21-22-42(75)76)49(81)74-44(33(8)10-2)53(85)68-35(18-11-13-23-57)46(78)66-37(20-16-26-65-56(62)63)48(80)72-41(29-88)51(83)71-40(54(86)87)28-31(5)6/h30-41,43-44,88H,9-29,57-59H2,1-8H3,(H,66,78)(H,67,82)(H,68,85)(H,69,84)(H,70,79)(H,71,83)(H,72,80)(H,73,77)(H,74,81)(H,75,76)(H,86,87)(H4,60,61,64)(H4,62,63,65)/t32-,33-,34-,35-,36-,37-,38-,39-,40-,41-,43-,44-/m0/s1. The first kappa shape index (κ1) is 80.9. The van der Waals surface area contributed by atoms with E-state index in [9.17, 15) is 63.0 Å². The Morgan fingerprint density at radius 2 is 0.750 bits per heavy atom. The first-order valence-corrected chi connectivity index (χ1v) is 31.1. The van der Waals surface area contributed by atoms with Crippen LogP contribution in [0.25, 0.3) is 0 Å². The van der Waals surface area contributed by atoms with Gasteiger partial charge in [0.25, 0.3) is 0 Å². The summed E-state index contributed by atoms with van der Waals surface area (Å²) in [7, 11) is 0. The van der Waals surface area contributed by atoms with E-state index in [2.05, 4.69) is 70.5 Å². The molecule has 0 aliphatic rings. The number of guanidine groups is 2. The van der Waals surface area contributed by atoms with Gasteiger partial charge in [-0.15, -0.1) is 0 Å². The van der Waals surface area contributed by atoms with Crippen molar-refractivity contribution in [3.63, 3.8) is 0 Å². The minimum atomic E-state index is -1.61. The lowest BCUT2D eigenvalue weighted by molar-refractivity contribution is -0.142. The molecule has 88 heavy (non-hydrogen) atoms. The Labute approximate surface area is 522 Å². The highest BCUT2D eigenvalue weighted by atomic mass is 32.1. The van der Waals surface area contributed by atoms with Crippen LogP contribution >= 0.6 is 12.6 Å². The topological polar surface area (TPSA) is 543 Å². The molecule has 12 atom stereocenters. The number of rotatable bonds is 47. The van der Waals surface area contributed by atoms with Gasteiger partial charge in [-0.2, -0.15) is 12.6 Å². The Bertz CT molecular complexity index is 2290. The molecule has 25 N–H and O–H groups in total. The monoisotopic (exact) mass is 1270 g/mol. The van der Waals surface area contributed by atoms with E-state index in [1.807, 2.05) is 6.92 Å².